The number of amides is 1. The van der Waals surface area contributed by atoms with Crippen molar-refractivity contribution < 1.29 is 23.8 Å². The van der Waals surface area contributed by atoms with Gasteiger partial charge in [0.1, 0.15) is 5.75 Å². The number of hydrogen-bond donors (Lipinski definition) is 2. The number of rotatable bonds is 19. The summed E-state index contributed by atoms with van der Waals surface area (Å²) < 4.78 is 12.0. The number of ether oxygens (including phenoxy) is 1. The molecular weight excluding hydrogens is 544 g/mol. The molecule has 0 aliphatic carbocycles. The fourth-order valence-corrected chi connectivity index (χ4v) is 4.78. The summed E-state index contributed by atoms with van der Waals surface area (Å²) in [5, 5.41) is 13.9. The summed E-state index contributed by atoms with van der Waals surface area (Å²) in [6, 6.07) is 3.22. The van der Waals surface area contributed by atoms with Gasteiger partial charge in [-0.3, -0.25) is 9.59 Å². The fourth-order valence-electron chi connectivity index (χ4n) is 4.61. The Morgan fingerprint density at radius 1 is 0.976 bits per heavy atom. The number of oxazole rings is 1. The molecule has 230 valence electrons. The second-order valence-electron chi connectivity index (χ2n) is 11.8. The SMILES string of the molecule is CCCCCCCCCCCCOc1ccc(Cl)cc1NC(=O)C(C(=O)C(C)(C)C)n1c(O)c(CCCC)oc1=O. The van der Waals surface area contributed by atoms with Crippen molar-refractivity contribution in [1.29, 1.82) is 0 Å². The first-order valence-electron chi connectivity index (χ1n) is 15.2. The lowest BCUT2D eigenvalue weighted by Gasteiger charge is -2.25. The second kappa shape index (κ2) is 17.3. The quantitative estimate of drug-likeness (QED) is 0.125. The standard InChI is InChI=1S/C32H49ClN2O6/c1-6-8-10-11-12-13-14-15-16-17-21-40-25-20-19-23(33)22-24(25)34-29(37)27(28(36)32(3,4)5)35-30(38)26(18-9-7-2)41-31(35)39/h19-20,22,27,38H,6-18,21H2,1-5H3,(H,34,37). The van der Waals surface area contributed by atoms with Gasteiger partial charge in [0.2, 0.25) is 5.88 Å². The minimum atomic E-state index is -1.64. The molecule has 1 amide bonds. The number of Topliss-reactive ketones (excluding diaryl/α,β-unsaturated/α-hetero) is 1. The third-order valence-corrected chi connectivity index (χ3v) is 7.33. The van der Waals surface area contributed by atoms with Crippen molar-refractivity contribution >= 4 is 29.0 Å². The van der Waals surface area contributed by atoms with Crippen molar-refractivity contribution in [3.63, 3.8) is 0 Å². The number of nitrogens with one attached hydrogen (secondary N) is 1. The summed E-state index contributed by atoms with van der Waals surface area (Å²) in [7, 11) is 0. The van der Waals surface area contributed by atoms with E-state index in [1.165, 1.54) is 51.0 Å². The Balaban J connectivity index is 2.10. The molecule has 0 spiro atoms. The van der Waals surface area contributed by atoms with Gasteiger partial charge in [-0.05, 0) is 31.0 Å². The molecule has 1 heterocycles. The number of hydrogen-bond acceptors (Lipinski definition) is 6. The highest BCUT2D eigenvalue weighted by molar-refractivity contribution is 6.31. The Morgan fingerprint density at radius 3 is 2.15 bits per heavy atom. The lowest BCUT2D eigenvalue weighted by atomic mass is 9.86. The van der Waals surface area contributed by atoms with Crippen LogP contribution in [0.15, 0.2) is 27.4 Å². The Labute approximate surface area is 249 Å². The lowest BCUT2D eigenvalue weighted by molar-refractivity contribution is -0.135. The van der Waals surface area contributed by atoms with Crippen LogP contribution in [0.3, 0.4) is 0 Å². The number of aromatic hydroxyl groups is 1. The molecule has 2 aromatic rings. The molecular formula is C32H49ClN2O6. The summed E-state index contributed by atoms with van der Waals surface area (Å²) in [4.78, 5) is 39.8. The van der Waals surface area contributed by atoms with Crippen molar-refractivity contribution in [2.24, 2.45) is 5.41 Å². The number of aryl methyl sites for hydroxylation is 1. The minimum Gasteiger partial charge on any atom is -0.492 e. The van der Waals surface area contributed by atoms with Crippen LogP contribution < -0.4 is 15.8 Å². The van der Waals surface area contributed by atoms with Crippen LogP contribution in [0.5, 0.6) is 11.6 Å². The van der Waals surface area contributed by atoms with E-state index in [0.717, 1.165) is 30.3 Å². The largest absolute Gasteiger partial charge is 0.492 e. The molecule has 1 aromatic carbocycles. The smallest absolute Gasteiger partial charge is 0.423 e. The predicted octanol–water partition coefficient (Wildman–Crippen LogP) is 8.24. The topological polar surface area (TPSA) is 111 Å². The number of halogens is 1. The maximum absolute atomic E-state index is 13.6. The highest BCUT2D eigenvalue weighted by atomic mass is 35.5. The van der Waals surface area contributed by atoms with Gasteiger partial charge in [-0.1, -0.05) is 110 Å². The number of ketones is 1. The van der Waals surface area contributed by atoms with Crippen molar-refractivity contribution in [1.82, 2.24) is 4.57 Å². The number of unbranched alkanes of at least 4 members (excludes halogenated alkanes) is 10. The van der Waals surface area contributed by atoms with Crippen LogP contribution >= 0.6 is 11.6 Å². The highest BCUT2D eigenvalue weighted by Crippen LogP contribution is 2.32. The average molecular weight is 593 g/mol. The zero-order chi connectivity index (χ0) is 30.4. The number of nitrogens with zero attached hydrogens (tertiary/aromatic N) is 1. The van der Waals surface area contributed by atoms with E-state index in [2.05, 4.69) is 12.2 Å². The zero-order valence-corrected chi connectivity index (χ0v) is 26.3. The minimum absolute atomic E-state index is 0.0552. The number of carbonyl (C=O) groups is 2. The van der Waals surface area contributed by atoms with E-state index in [0.29, 0.717) is 30.2 Å². The molecule has 0 saturated carbocycles. The first kappa shape index (κ1) is 34.5. The monoisotopic (exact) mass is 592 g/mol. The first-order chi connectivity index (χ1) is 19.5. The van der Waals surface area contributed by atoms with Crippen LogP contribution in [0.4, 0.5) is 5.69 Å². The first-order valence-corrected chi connectivity index (χ1v) is 15.6. The van der Waals surface area contributed by atoms with Gasteiger partial charge in [0, 0.05) is 16.9 Å². The van der Waals surface area contributed by atoms with E-state index in [1.807, 2.05) is 6.92 Å². The molecule has 8 nitrogen and oxygen atoms in total. The maximum atomic E-state index is 13.6. The van der Waals surface area contributed by atoms with Gasteiger partial charge in [-0.25, -0.2) is 9.36 Å². The molecule has 2 rings (SSSR count). The Bertz CT molecular complexity index is 1160. The van der Waals surface area contributed by atoms with Crippen LogP contribution in [-0.2, 0) is 16.0 Å². The molecule has 41 heavy (non-hydrogen) atoms. The summed E-state index contributed by atoms with van der Waals surface area (Å²) in [5.74, 6) is -2.35. The molecule has 0 radical (unpaired) electrons. The lowest BCUT2D eigenvalue weighted by Crippen LogP contribution is -2.41. The predicted molar refractivity (Wildman–Crippen MR) is 164 cm³/mol. The van der Waals surface area contributed by atoms with Crippen LogP contribution in [0.2, 0.25) is 5.02 Å². The Kier molecular flexibility index (Phi) is 14.5. The van der Waals surface area contributed by atoms with Crippen LogP contribution in [0.25, 0.3) is 0 Å². The van der Waals surface area contributed by atoms with Gasteiger partial charge in [0.05, 0.1) is 12.3 Å². The van der Waals surface area contributed by atoms with E-state index in [-0.39, 0.29) is 11.4 Å². The molecule has 0 aliphatic heterocycles. The van der Waals surface area contributed by atoms with E-state index in [4.69, 9.17) is 20.8 Å². The van der Waals surface area contributed by atoms with Crippen molar-refractivity contribution in [2.45, 2.75) is 124 Å². The number of anilines is 1. The Morgan fingerprint density at radius 2 is 1.56 bits per heavy atom. The summed E-state index contributed by atoms with van der Waals surface area (Å²) in [6.07, 6.45) is 13.9. The number of aromatic nitrogens is 1. The molecule has 0 bridgehead atoms. The summed E-state index contributed by atoms with van der Waals surface area (Å²) in [6.45, 7) is 9.61. The second-order valence-corrected chi connectivity index (χ2v) is 12.2. The highest BCUT2D eigenvalue weighted by Gasteiger charge is 2.40. The fraction of sp³-hybridized carbons (Fsp3) is 0.656. The van der Waals surface area contributed by atoms with Crippen LogP contribution in [0, 0.1) is 5.41 Å². The van der Waals surface area contributed by atoms with Gasteiger partial charge >= 0.3 is 5.76 Å². The molecule has 0 aliphatic rings. The van der Waals surface area contributed by atoms with Crippen LogP contribution in [0.1, 0.15) is 123 Å². The van der Waals surface area contributed by atoms with Gasteiger partial charge in [-0.15, -0.1) is 0 Å². The molecule has 2 N–H and O–H groups in total. The normalized spacial score (nSPS) is 12.3. The van der Waals surface area contributed by atoms with Gasteiger partial charge in [0.25, 0.3) is 5.91 Å². The average Bonchev–Trinajstić information content (AvgIpc) is 3.19. The molecule has 1 atom stereocenters. The molecule has 0 fully saturated rings. The maximum Gasteiger partial charge on any atom is 0.423 e. The van der Waals surface area contributed by atoms with Crippen molar-refractivity contribution in [3.05, 3.63) is 39.5 Å². The molecule has 0 saturated heterocycles. The van der Waals surface area contributed by atoms with Gasteiger partial charge in [0.15, 0.2) is 17.6 Å². The van der Waals surface area contributed by atoms with E-state index in [1.54, 1.807) is 32.9 Å². The number of benzene rings is 1. The molecule has 9 heteroatoms. The third kappa shape index (κ3) is 10.9. The van der Waals surface area contributed by atoms with E-state index in [9.17, 15) is 19.5 Å². The zero-order valence-electron chi connectivity index (χ0n) is 25.5. The van der Waals surface area contributed by atoms with Crippen molar-refractivity contribution in [3.8, 4) is 11.6 Å². The van der Waals surface area contributed by atoms with E-state index < -0.39 is 34.8 Å². The van der Waals surface area contributed by atoms with Crippen LogP contribution in [-0.4, -0.2) is 28.0 Å². The molecule has 1 unspecified atom stereocenters. The van der Waals surface area contributed by atoms with E-state index >= 15 is 0 Å². The molecule has 1 aromatic heterocycles. The summed E-state index contributed by atoms with van der Waals surface area (Å²) >= 11 is 6.22. The third-order valence-electron chi connectivity index (χ3n) is 7.09. The van der Waals surface area contributed by atoms with Crippen molar-refractivity contribution in [2.75, 3.05) is 11.9 Å². The van der Waals surface area contributed by atoms with Gasteiger partial charge < -0.3 is 19.6 Å². The summed E-state index contributed by atoms with van der Waals surface area (Å²) in [5.41, 5.74) is -0.707. The van der Waals surface area contributed by atoms with Gasteiger partial charge in [-0.2, -0.15) is 0 Å². The Hall–Kier alpha value is -2.74. The number of carbonyl (C=O) groups excluding carboxylic acids is 2.